The van der Waals surface area contributed by atoms with Crippen LogP contribution in [0.2, 0.25) is 0 Å². The van der Waals surface area contributed by atoms with Crippen molar-refractivity contribution in [2.45, 2.75) is 18.2 Å². The van der Waals surface area contributed by atoms with Gasteiger partial charge in [-0.15, -0.1) is 11.6 Å². The smallest absolute Gasteiger partial charge is 0.253 e. The lowest BCUT2D eigenvalue weighted by Gasteiger charge is -2.29. The minimum atomic E-state index is 0.102. The molecule has 86 valence electrons. The molecule has 1 fully saturated rings. The van der Waals surface area contributed by atoms with E-state index in [9.17, 15) is 4.79 Å². The average Bonchev–Trinajstić information content (AvgIpc) is 2.29. The lowest BCUT2D eigenvalue weighted by Crippen LogP contribution is -2.38. The Kier molecular flexibility index (Phi) is 3.87. The van der Waals surface area contributed by atoms with Crippen LogP contribution in [0.5, 0.6) is 0 Å². The van der Waals surface area contributed by atoms with Crippen LogP contribution in [-0.2, 0) is 0 Å². The number of hydrogen-bond donors (Lipinski definition) is 0. The summed E-state index contributed by atoms with van der Waals surface area (Å²) in [5.74, 6) is 0.102. The fourth-order valence-corrected chi connectivity index (χ4v) is 2.45. The molecule has 0 saturated carbocycles. The SMILES string of the molecule is O=C(c1cccc(Br)c1)N1CCC(Cl)CC1. The van der Waals surface area contributed by atoms with Gasteiger partial charge in [0.15, 0.2) is 0 Å². The molecular formula is C12H13BrClNO. The Bertz CT molecular complexity index is 388. The van der Waals surface area contributed by atoms with Gasteiger partial charge in [-0.3, -0.25) is 4.79 Å². The highest BCUT2D eigenvalue weighted by molar-refractivity contribution is 9.10. The zero-order valence-corrected chi connectivity index (χ0v) is 11.2. The standard InChI is InChI=1S/C12H13BrClNO/c13-10-3-1-2-9(8-10)12(16)15-6-4-11(14)5-7-15/h1-3,8,11H,4-7H2. The van der Waals surface area contributed by atoms with E-state index in [1.165, 1.54) is 0 Å². The number of rotatable bonds is 1. The van der Waals surface area contributed by atoms with Gasteiger partial charge in [-0.05, 0) is 31.0 Å². The molecule has 16 heavy (non-hydrogen) atoms. The first-order valence-electron chi connectivity index (χ1n) is 5.36. The maximum absolute atomic E-state index is 12.1. The van der Waals surface area contributed by atoms with Crippen molar-refractivity contribution in [3.05, 3.63) is 34.3 Å². The fraction of sp³-hybridized carbons (Fsp3) is 0.417. The van der Waals surface area contributed by atoms with E-state index in [0.717, 1.165) is 36.0 Å². The molecule has 0 atom stereocenters. The summed E-state index contributed by atoms with van der Waals surface area (Å²) in [5, 5.41) is 0.228. The molecule has 1 aromatic rings. The van der Waals surface area contributed by atoms with Gasteiger partial charge in [-0.25, -0.2) is 0 Å². The van der Waals surface area contributed by atoms with Crippen LogP contribution < -0.4 is 0 Å². The van der Waals surface area contributed by atoms with Crippen LogP contribution in [-0.4, -0.2) is 29.3 Å². The number of carbonyl (C=O) groups is 1. The Morgan fingerprint density at radius 2 is 2.06 bits per heavy atom. The van der Waals surface area contributed by atoms with Crippen molar-refractivity contribution in [3.8, 4) is 0 Å². The second-order valence-electron chi connectivity index (χ2n) is 3.98. The molecule has 0 spiro atoms. The number of halogens is 2. The number of likely N-dealkylation sites (tertiary alicyclic amines) is 1. The van der Waals surface area contributed by atoms with Crippen LogP contribution in [0.15, 0.2) is 28.7 Å². The number of amides is 1. The predicted octanol–water partition coefficient (Wildman–Crippen LogP) is 3.29. The maximum Gasteiger partial charge on any atom is 0.253 e. The monoisotopic (exact) mass is 301 g/mol. The number of nitrogens with zero attached hydrogens (tertiary/aromatic N) is 1. The van der Waals surface area contributed by atoms with Gasteiger partial charge < -0.3 is 4.90 Å². The zero-order valence-electron chi connectivity index (χ0n) is 8.83. The molecule has 0 aromatic heterocycles. The summed E-state index contributed by atoms with van der Waals surface area (Å²) in [6, 6.07) is 7.50. The first-order chi connectivity index (χ1) is 7.66. The van der Waals surface area contributed by atoms with Crippen molar-refractivity contribution in [1.29, 1.82) is 0 Å². The van der Waals surface area contributed by atoms with E-state index in [0.29, 0.717) is 0 Å². The van der Waals surface area contributed by atoms with Crippen LogP contribution >= 0.6 is 27.5 Å². The van der Waals surface area contributed by atoms with Crippen LogP contribution in [0, 0.1) is 0 Å². The first-order valence-corrected chi connectivity index (χ1v) is 6.58. The molecule has 1 amide bonds. The topological polar surface area (TPSA) is 20.3 Å². The van der Waals surface area contributed by atoms with E-state index in [1.54, 1.807) is 0 Å². The zero-order chi connectivity index (χ0) is 11.5. The molecule has 1 saturated heterocycles. The summed E-state index contributed by atoms with van der Waals surface area (Å²) in [6.07, 6.45) is 1.78. The van der Waals surface area contributed by atoms with E-state index in [-0.39, 0.29) is 11.3 Å². The third kappa shape index (κ3) is 2.77. The van der Waals surface area contributed by atoms with Crippen molar-refractivity contribution < 1.29 is 4.79 Å². The Hall–Kier alpha value is -0.540. The average molecular weight is 303 g/mol. The molecule has 0 N–H and O–H groups in total. The minimum absolute atomic E-state index is 0.102. The number of hydrogen-bond acceptors (Lipinski definition) is 1. The third-order valence-corrected chi connectivity index (χ3v) is 3.71. The summed E-state index contributed by atoms with van der Waals surface area (Å²) in [6.45, 7) is 1.53. The Morgan fingerprint density at radius 3 is 2.69 bits per heavy atom. The second kappa shape index (κ2) is 5.19. The van der Waals surface area contributed by atoms with Gasteiger partial charge in [0, 0.05) is 28.5 Å². The Morgan fingerprint density at radius 1 is 1.38 bits per heavy atom. The normalized spacial score (nSPS) is 17.5. The molecule has 0 aliphatic carbocycles. The predicted molar refractivity (Wildman–Crippen MR) is 68.9 cm³/mol. The van der Waals surface area contributed by atoms with Gasteiger partial charge in [0.25, 0.3) is 5.91 Å². The quantitative estimate of drug-likeness (QED) is 0.729. The number of benzene rings is 1. The molecule has 2 nitrogen and oxygen atoms in total. The fourth-order valence-electron chi connectivity index (χ4n) is 1.86. The van der Waals surface area contributed by atoms with Gasteiger partial charge in [0.2, 0.25) is 0 Å². The van der Waals surface area contributed by atoms with Crippen molar-refractivity contribution in [3.63, 3.8) is 0 Å². The molecule has 0 radical (unpaired) electrons. The van der Waals surface area contributed by atoms with Gasteiger partial charge in [0.1, 0.15) is 0 Å². The van der Waals surface area contributed by atoms with Gasteiger partial charge in [-0.1, -0.05) is 22.0 Å². The van der Waals surface area contributed by atoms with Crippen LogP contribution in [0.1, 0.15) is 23.2 Å². The summed E-state index contributed by atoms with van der Waals surface area (Å²) >= 11 is 9.38. The number of piperidine rings is 1. The van der Waals surface area contributed by atoms with Crippen LogP contribution in [0.4, 0.5) is 0 Å². The summed E-state index contributed by atoms with van der Waals surface area (Å²) in [4.78, 5) is 14.0. The third-order valence-electron chi connectivity index (χ3n) is 2.78. The van der Waals surface area contributed by atoms with E-state index in [2.05, 4.69) is 15.9 Å². The van der Waals surface area contributed by atoms with E-state index >= 15 is 0 Å². The minimum Gasteiger partial charge on any atom is -0.339 e. The highest BCUT2D eigenvalue weighted by Crippen LogP contribution is 2.19. The molecule has 1 heterocycles. The van der Waals surface area contributed by atoms with Gasteiger partial charge in [-0.2, -0.15) is 0 Å². The lowest BCUT2D eigenvalue weighted by atomic mass is 10.1. The van der Waals surface area contributed by atoms with Crippen LogP contribution in [0.3, 0.4) is 0 Å². The molecule has 2 rings (SSSR count). The molecule has 1 aliphatic heterocycles. The summed E-state index contributed by atoms with van der Waals surface area (Å²) < 4.78 is 0.936. The van der Waals surface area contributed by atoms with E-state index in [1.807, 2.05) is 29.2 Å². The summed E-state index contributed by atoms with van der Waals surface area (Å²) in [5.41, 5.74) is 0.738. The summed E-state index contributed by atoms with van der Waals surface area (Å²) in [7, 11) is 0. The molecule has 4 heteroatoms. The van der Waals surface area contributed by atoms with Gasteiger partial charge >= 0.3 is 0 Å². The second-order valence-corrected chi connectivity index (χ2v) is 5.51. The van der Waals surface area contributed by atoms with Crippen molar-refractivity contribution in [1.82, 2.24) is 4.90 Å². The molecule has 0 bridgehead atoms. The molecule has 1 aromatic carbocycles. The van der Waals surface area contributed by atoms with Crippen molar-refractivity contribution >= 4 is 33.4 Å². The van der Waals surface area contributed by atoms with Crippen LogP contribution in [0.25, 0.3) is 0 Å². The molecule has 1 aliphatic rings. The Balaban J connectivity index is 2.08. The maximum atomic E-state index is 12.1. The van der Waals surface area contributed by atoms with Crippen molar-refractivity contribution in [2.75, 3.05) is 13.1 Å². The highest BCUT2D eigenvalue weighted by Gasteiger charge is 2.22. The first kappa shape index (κ1) is 11.9. The van der Waals surface area contributed by atoms with Gasteiger partial charge in [0.05, 0.1) is 0 Å². The molecular weight excluding hydrogens is 289 g/mol. The van der Waals surface area contributed by atoms with E-state index in [4.69, 9.17) is 11.6 Å². The largest absolute Gasteiger partial charge is 0.339 e. The lowest BCUT2D eigenvalue weighted by molar-refractivity contribution is 0.0726. The number of alkyl halides is 1. The highest BCUT2D eigenvalue weighted by atomic mass is 79.9. The molecule has 0 unspecified atom stereocenters. The van der Waals surface area contributed by atoms with Crippen molar-refractivity contribution in [2.24, 2.45) is 0 Å². The number of carbonyl (C=O) groups excluding carboxylic acids is 1. The Labute approximate surface area is 109 Å². The van der Waals surface area contributed by atoms with E-state index < -0.39 is 0 Å².